The van der Waals surface area contributed by atoms with Gasteiger partial charge in [-0.2, -0.15) is 0 Å². The third-order valence-corrected chi connectivity index (χ3v) is 5.37. The molecule has 0 bridgehead atoms. The van der Waals surface area contributed by atoms with E-state index in [1.165, 1.54) is 0 Å². The van der Waals surface area contributed by atoms with E-state index >= 15 is 0 Å². The lowest BCUT2D eigenvalue weighted by Gasteiger charge is -2.19. The molecule has 2 aromatic rings. The first-order valence-corrected chi connectivity index (χ1v) is 11.3. The first kappa shape index (κ1) is 24.3. The highest BCUT2D eigenvalue weighted by molar-refractivity contribution is 7.47. The Bertz CT molecular complexity index is 785. The number of rotatable bonds is 12. The molecule has 0 spiro atoms. The van der Waals surface area contributed by atoms with Gasteiger partial charge in [0.1, 0.15) is 0 Å². The van der Waals surface area contributed by atoms with E-state index in [0.717, 1.165) is 11.1 Å². The standard InChI is InChI=1S/C20H25Cl2O6P/c1-15(26-14-18-5-9-20(22)10-6-18)12-27-29(23,24)28-16(2)11-25-13-17-3-7-19(21)8-4-17/h3-10,15-16H,11-14H2,1-2H3,(H,23,24). The van der Waals surface area contributed by atoms with E-state index in [1.807, 2.05) is 24.3 Å². The Morgan fingerprint density at radius 3 is 1.93 bits per heavy atom. The molecule has 0 radical (unpaired) electrons. The quantitative estimate of drug-likeness (QED) is 0.411. The van der Waals surface area contributed by atoms with E-state index in [1.54, 1.807) is 38.1 Å². The van der Waals surface area contributed by atoms with Gasteiger partial charge >= 0.3 is 7.82 Å². The maximum atomic E-state index is 12.1. The predicted molar refractivity (Wildman–Crippen MR) is 113 cm³/mol. The number of halogens is 2. The topological polar surface area (TPSA) is 74.2 Å². The maximum absolute atomic E-state index is 12.1. The number of benzene rings is 2. The van der Waals surface area contributed by atoms with E-state index < -0.39 is 20.0 Å². The van der Waals surface area contributed by atoms with Crippen LogP contribution in [0, 0.1) is 0 Å². The van der Waals surface area contributed by atoms with Crippen LogP contribution in [0.1, 0.15) is 25.0 Å². The molecule has 0 aromatic heterocycles. The molecule has 1 N–H and O–H groups in total. The summed E-state index contributed by atoms with van der Waals surface area (Å²) >= 11 is 11.7. The summed E-state index contributed by atoms with van der Waals surface area (Å²) in [5.74, 6) is 0. The molecule has 29 heavy (non-hydrogen) atoms. The van der Waals surface area contributed by atoms with Gasteiger partial charge in [-0.15, -0.1) is 0 Å². The lowest BCUT2D eigenvalue weighted by atomic mass is 10.2. The fourth-order valence-corrected chi connectivity index (χ4v) is 3.50. The molecule has 0 fully saturated rings. The van der Waals surface area contributed by atoms with Crippen LogP contribution in [0.15, 0.2) is 48.5 Å². The Kier molecular flexibility index (Phi) is 10.1. The summed E-state index contributed by atoms with van der Waals surface area (Å²) in [5.41, 5.74) is 1.88. The van der Waals surface area contributed by atoms with Crippen molar-refractivity contribution in [3.05, 3.63) is 69.7 Å². The smallest absolute Gasteiger partial charge is 0.374 e. The monoisotopic (exact) mass is 462 g/mol. The summed E-state index contributed by atoms with van der Waals surface area (Å²) in [5, 5.41) is 1.30. The van der Waals surface area contributed by atoms with E-state index in [2.05, 4.69) is 0 Å². The molecule has 0 saturated carbocycles. The van der Waals surface area contributed by atoms with Crippen molar-refractivity contribution in [2.24, 2.45) is 0 Å². The molecule has 0 amide bonds. The summed E-state index contributed by atoms with van der Waals surface area (Å²) in [6, 6.07) is 14.5. The normalized spacial score (nSPS) is 15.6. The highest BCUT2D eigenvalue weighted by Gasteiger charge is 2.25. The zero-order valence-corrected chi connectivity index (χ0v) is 18.7. The van der Waals surface area contributed by atoms with Crippen LogP contribution in [0.4, 0.5) is 0 Å². The first-order valence-electron chi connectivity index (χ1n) is 9.07. The van der Waals surface area contributed by atoms with E-state index in [-0.39, 0.29) is 13.2 Å². The molecule has 0 aliphatic rings. The van der Waals surface area contributed by atoms with Crippen LogP contribution in [0.25, 0.3) is 0 Å². The van der Waals surface area contributed by atoms with Gasteiger partial charge < -0.3 is 14.4 Å². The molecule has 2 aromatic carbocycles. The molecule has 160 valence electrons. The highest BCUT2D eigenvalue weighted by Crippen LogP contribution is 2.44. The second-order valence-corrected chi connectivity index (χ2v) is 8.85. The Morgan fingerprint density at radius 1 is 0.862 bits per heavy atom. The molecule has 0 saturated heterocycles. The molecule has 0 aliphatic heterocycles. The van der Waals surface area contributed by atoms with Crippen molar-refractivity contribution in [2.45, 2.75) is 39.3 Å². The number of ether oxygens (including phenoxy) is 2. The zero-order valence-electron chi connectivity index (χ0n) is 16.3. The minimum Gasteiger partial charge on any atom is -0.374 e. The van der Waals surface area contributed by atoms with Crippen LogP contribution in [0.5, 0.6) is 0 Å². The van der Waals surface area contributed by atoms with Crippen LogP contribution >= 0.6 is 31.0 Å². The number of hydrogen-bond acceptors (Lipinski definition) is 5. The first-order chi connectivity index (χ1) is 13.7. The van der Waals surface area contributed by atoms with Gasteiger partial charge in [0.2, 0.25) is 0 Å². The van der Waals surface area contributed by atoms with E-state index in [4.69, 9.17) is 41.7 Å². The van der Waals surface area contributed by atoms with Crippen LogP contribution < -0.4 is 0 Å². The second kappa shape index (κ2) is 12.0. The lowest BCUT2D eigenvalue weighted by molar-refractivity contribution is -0.00425. The summed E-state index contributed by atoms with van der Waals surface area (Å²) < 4.78 is 33.3. The van der Waals surface area contributed by atoms with Gasteiger partial charge in [0.25, 0.3) is 0 Å². The van der Waals surface area contributed by atoms with Crippen molar-refractivity contribution in [1.82, 2.24) is 0 Å². The Hall–Kier alpha value is -0.950. The Balaban J connectivity index is 1.64. The SMILES string of the molecule is CC(COP(=O)(O)OC(C)COCc1ccc(Cl)cc1)OCc1ccc(Cl)cc1. The van der Waals surface area contributed by atoms with Crippen molar-refractivity contribution in [1.29, 1.82) is 0 Å². The van der Waals surface area contributed by atoms with Gasteiger partial charge in [-0.3, -0.25) is 9.05 Å². The van der Waals surface area contributed by atoms with Crippen LogP contribution in [-0.2, 0) is 36.3 Å². The fourth-order valence-electron chi connectivity index (χ4n) is 2.28. The molecule has 3 atom stereocenters. The molecule has 3 unspecified atom stereocenters. The largest absolute Gasteiger partial charge is 0.472 e. The van der Waals surface area contributed by atoms with Crippen molar-refractivity contribution < 1.29 is 28.0 Å². The van der Waals surface area contributed by atoms with Gasteiger partial charge in [-0.05, 0) is 49.2 Å². The van der Waals surface area contributed by atoms with Crippen LogP contribution in [0.3, 0.4) is 0 Å². The van der Waals surface area contributed by atoms with Crippen LogP contribution in [0.2, 0.25) is 10.0 Å². The summed E-state index contributed by atoms with van der Waals surface area (Å²) in [7, 11) is -4.22. The van der Waals surface area contributed by atoms with Crippen molar-refractivity contribution in [3.8, 4) is 0 Å². The summed E-state index contributed by atoms with van der Waals surface area (Å²) in [6.07, 6.45) is -1.02. The van der Waals surface area contributed by atoms with Gasteiger partial charge in [0.05, 0.1) is 38.6 Å². The van der Waals surface area contributed by atoms with Gasteiger partial charge in [-0.1, -0.05) is 47.5 Å². The van der Waals surface area contributed by atoms with Crippen LogP contribution in [-0.4, -0.2) is 30.3 Å². The zero-order chi connectivity index (χ0) is 21.3. The van der Waals surface area contributed by atoms with E-state index in [9.17, 15) is 9.46 Å². The third kappa shape index (κ3) is 10.1. The fraction of sp³-hybridized carbons (Fsp3) is 0.400. The van der Waals surface area contributed by atoms with Crippen molar-refractivity contribution in [2.75, 3.05) is 13.2 Å². The second-order valence-electron chi connectivity index (χ2n) is 6.57. The lowest BCUT2D eigenvalue weighted by Crippen LogP contribution is -2.19. The molecule has 9 heteroatoms. The average molecular weight is 463 g/mol. The summed E-state index contributed by atoms with van der Waals surface area (Å²) in [4.78, 5) is 9.87. The minimum atomic E-state index is -4.22. The molecule has 6 nitrogen and oxygen atoms in total. The predicted octanol–water partition coefficient (Wildman–Crippen LogP) is 5.64. The van der Waals surface area contributed by atoms with Gasteiger partial charge in [0.15, 0.2) is 0 Å². The molecule has 0 aliphatic carbocycles. The summed E-state index contributed by atoms with van der Waals surface area (Å²) in [6.45, 7) is 4.12. The number of phosphoric ester groups is 1. The molecule has 2 rings (SSSR count). The Labute approximate surface area is 181 Å². The van der Waals surface area contributed by atoms with E-state index in [0.29, 0.717) is 23.3 Å². The number of hydrogen-bond donors (Lipinski definition) is 1. The molecule has 0 heterocycles. The Morgan fingerprint density at radius 2 is 1.38 bits per heavy atom. The third-order valence-electron chi connectivity index (χ3n) is 3.77. The maximum Gasteiger partial charge on any atom is 0.472 e. The molecular formula is C20H25Cl2O6P. The number of phosphoric acid groups is 1. The van der Waals surface area contributed by atoms with Crippen molar-refractivity contribution in [3.63, 3.8) is 0 Å². The van der Waals surface area contributed by atoms with Gasteiger partial charge in [-0.25, -0.2) is 4.57 Å². The highest BCUT2D eigenvalue weighted by atomic mass is 35.5. The average Bonchev–Trinajstić information content (AvgIpc) is 2.67. The molecular weight excluding hydrogens is 438 g/mol. The van der Waals surface area contributed by atoms with Gasteiger partial charge in [0, 0.05) is 10.0 Å². The minimum absolute atomic E-state index is 0.0836. The van der Waals surface area contributed by atoms with Crippen molar-refractivity contribution >= 4 is 31.0 Å².